The van der Waals surface area contributed by atoms with Crippen LogP contribution in [0.15, 0.2) is 78.9 Å². The van der Waals surface area contributed by atoms with Crippen LogP contribution in [-0.2, 0) is 4.79 Å². The van der Waals surface area contributed by atoms with Crippen molar-refractivity contribution in [2.45, 2.75) is 19.4 Å². The molecule has 0 fully saturated rings. The predicted octanol–water partition coefficient (Wildman–Crippen LogP) is 5.15. The highest BCUT2D eigenvalue weighted by Crippen LogP contribution is 2.22. The molecule has 0 heterocycles. The number of anilines is 1. The molecular formula is C23H21ClN2O2. The van der Waals surface area contributed by atoms with Gasteiger partial charge in [0.15, 0.2) is 0 Å². The second-order valence-corrected chi connectivity index (χ2v) is 6.95. The summed E-state index contributed by atoms with van der Waals surface area (Å²) in [7, 11) is 0. The van der Waals surface area contributed by atoms with Gasteiger partial charge in [-0.3, -0.25) is 9.59 Å². The molecule has 0 unspecified atom stereocenters. The van der Waals surface area contributed by atoms with Crippen molar-refractivity contribution in [3.8, 4) is 0 Å². The SMILES string of the molecule is Cc1cc(Cl)ccc1NC(=O)C[C@H](NC(=O)c1ccccc1)c1ccccc1. The quantitative estimate of drug-likeness (QED) is 0.609. The lowest BCUT2D eigenvalue weighted by molar-refractivity contribution is -0.116. The molecule has 0 bridgehead atoms. The van der Waals surface area contributed by atoms with Gasteiger partial charge in [-0.05, 0) is 48.4 Å². The summed E-state index contributed by atoms with van der Waals surface area (Å²) < 4.78 is 0. The summed E-state index contributed by atoms with van der Waals surface area (Å²) in [5.74, 6) is -0.405. The van der Waals surface area contributed by atoms with Gasteiger partial charge in [0.25, 0.3) is 5.91 Å². The average molecular weight is 393 g/mol. The Balaban J connectivity index is 1.75. The fourth-order valence-corrected chi connectivity index (χ4v) is 3.15. The first kappa shape index (κ1) is 19.6. The molecule has 3 aromatic rings. The fraction of sp³-hybridized carbons (Fsp3) is 0.130. The van der Waals surface area contributed by atoms with E-state index in [2.05, 4.69) is 10.6 Å². The standard InChI is InChI=1S/C23H21ClN2O2/c1-16-14-19(24)12-13-20(16)25-22(27)15-21(17-8-4-2-5-9-17)26-23(28)18-10-6-3-7-11-18/h2-14,21H,15H2,1H3,(H,25,27)(H,26,28)/t21-/m0/s1. The van der Waals surface area contributed by atoms with Crippen molar-refractivity contribution < 1.29 is 9.59 Å². The number of carbonyl (C=O) groups excluding carboxylic acids is 2. The molecule has 0 saturated heterocycles. The topological polar surface area (TPSA) is 58.2 Å². The van der Waals surface area contributed by atoms with E-state index >= 15 is 0 Å². The van der Waals surface area contributed by atoms with Crippen LogP contribution in [0, 0.1) is 6.92 Å². The van der Waals surface area contributed by atoms with Crippen molar-refractivity contribution in [3.05, 3.63) is 101 Å². The Hall–Kier alpha value is -3.11. The first-order valence-electron chi connectivity index (χ1n) is 9.00. The Morgan fingerprint density at radius 1 is 0.929 bits per heavy atom. The molecule has 0 aliphatic rings. The van der Waals surface area contributed by atoms with Gasteiger partial charge in [0, 0.05) is 16.3 Å². The molecule has 5 heteroatoms. The van der Waals surface area contributed by atoms with Crippen molar-refractivity contribution in [2.24, 2.45) is 0 Å². The van der Waals surface area contributed by atoms with Crippen LogP contribution in [0.4, 0.5) is 5.69 Å². The highest BCUT2D eigenvalue weighted by molar-refractivity contribution is 6.30. The largest absolute Gasteiger partial charge is 0.345 e. The maximum atomic E-state index is 12.7. The number of rotatable bonds is 6. The van der Waals surface area contributed by atoms with Crippen molar-refractivity contribution in [1.82, 2.24) is 5.32 Å². The van der Waals surface area contributed by atoms with Crippen molar-refractivity contribution in [3.63, 3.8) is 0 Å². The van der Waals surface area contributed by atoms with E-state index in [1.54, 1.807) is 30.3 Å². The number of nitrogens with one attached hydrogen (secondary N) is 2. The van der Waals surface area contributed by atoms with Gasteiger partial charge < -0.3 is 10.6 Å². The normalized spacial score (nSPS) is 11.5. The molecular weight excluding hydrogens is 372 g/mol. The van der Waals surface area contributed by atoms with E-state index in [1.807, 2.05) is 55.5 Å². The number of amides is 2. The summed E-state index contributed by atoms with van der Waals surface area (Å²) in [5, 5.41) is 6.49. The van der Waals surface area contributed by atoms with Crippen molar-refractivity contribution in [2.75, 3.05) is 5.32 Å². The Morgan fingerprint density at radius 3 is 2.21 bits per heavy atom. The zero-order valence-electron chi connectivity index (χ0n) is 15.5. The van der Waals surface area contributed by atoms with Crippen molar-refractivity contribution >= 4 is 29.1 Å². The zero-order chi connectivity index (χ0) is 19.9. The van der Waals surface area contributed by atoms with Crippen LogP contribution in [0.2, 0.25) is 5.02 Å². The molecule has 0 radical (unpaired) electrons. The van der Waals surface area contributed by atoms with E-state index in [-0.39, 0.29) is 18.2 Å². The van der Waals surface area contributed by atoms with E-state index in [4.69, 9.17) is 11.6 Å². The molecule has 2 N–H and O–H groups in total. The lowest BCUT2D eigenvalue weighted by Gasteiger charge is -2.19. The van der Waals surface area contributed by atoms with Crippen LogP contribution in [-0.4, -0.2) is 11.8 Å². The highest BCUT2D eigenvalue weighted by Gasteiger charge is 2.19. The first-order valence-corrected chi connectivity index (χ1v) is 9.37. The summed E-state index contributed by atoms with van der Waals surface area (Å²) in [6.07, 6.45) is 0.116. The summed E-state index contributed by atoms with van der Waals surface area (Å²) in [4.78, 5) is 25.3. The van der Waals surface area contributed by atoms with Crippen LogP contribution in [0.5, 0.6) is 0 Å². The van der Waals surface area contributed by atoms with E-state index in [0.29, 0.717) is 16.3 Å². The number of halogens is 1. The number of aryl methyl sites for hydroxylation is 1. The fourth-order valence-electron chi connectivity index (χ4n) is 2.92. The molecule has 2 amide bonds. The Labute approximate surface area is 169 Å². The Morgan fingerprint density at radius 2 is 1.57 bits per heavy atom. The van der Waals surface area contributed by atoms with Crippen LogP contribution in [0.1, 0.15) is 33.9 Å². The molecule has 28 heavy (non-hydrogen) atoms. The smallest absolute Gasteiger partial charge is 0.251 e. The molecule has 0 spiro atoms. The maximum absolute atomic E-state index is 12.7. The van der Waals surface area contributed by atoms with Gasteiger partial charge in [-0.25, -0.2) is 0 Å². The molecule has 3 rings (SSSR count). The van der Waals surface area contributed by atoms with Gasteiger partial charge in [-0.15, -0.1) is 0 Å². The molecule has 0 saturated carbocycles. The number of hydrogen-bond acceptors (Lipinski definition) is 2. The van der Waals surface area contributed by atoms with Crippen LogP contribution >= 0.6 is 11.6 Å². The number of hydrogen-bond donors (Lipinski definition) is 2. The number of carbonyl (C=O) groups is 2. The van der Waals surface area contributed by atoms with Crippen molar-refractivity contribution in [1.29, 1.82) is 0 Å². The summed E-state index contributed by atoms with van der Waals surface area (Å²) in [6.45, 7) is 1.88. The Bertz CT molecular complexity index is 959. The second-order valence-electron chi connectivity index (χ2n) is 6.51. The summed E-state index contributed by atoms with van der Waals surface area (Å²) >= 11 is 5.97. The lowest BCUT2D eigenvalue weighted by Crippen LogP contribution is -2.31. The monoisotopic (exact) mass is 392 g/mol. The van der Waals surface area contributed by atoms with Crippen LogP contribution in [0.25, 0.3) is 0 Å². The molecule has 0 aromatic heterocycles. The lowest BCUT2D eigenvalue weighted by atomic mass is 10.0. The zero-order valence-corrected chi connectivity index (χ0v) is 16.2. The van der Waals surface area contributed by atoms with Crippen LogP contribution < -0.4 is 10.6 Å². The van der Waals surface area contributed by atoms with Crippen LogP contribution in [0.3, 0.4) is 0 Å². The third-order valence-electron chi connectivity index (χ3n) is 4.40. The van der Waals surface area contributed by atoms with Gasteiger partial charge in [-0.1, -0.05) is 60.1 Å². The summed E-state index contributed by atoms with van der Waals surface area (Å²) in [6, 6.07) is 23.3. The minimum absolute atomic E-state index is 0.116. The first-order chi connectivity index (χ1) is 13.5. The highest BCUT2D eigenvalue weighted by atomic mass is 35.5. The van der Waals surface area contributed by atoms with E-state index in [9.17, 15) is 9.59 Å². The molecule has 0 aliphatic heterocycles. The minimum Gasteiger partial charge on any atom is -0.345 e. The third kappa shape index (κ3) is 5.21. The van der Waals surface area contributed by atoms with E-state index < -0.39 is 6.04 Å². The summed E-state index contributed by atoms with van der Waals surface area (Å²) in [5.41, 5.74) is 3.01. The van der Waals surface area contributed by atoms with Gasteiger partial charge in [0.05, 0.1) is 12.5 Å². The molecule has 3 aromatic carbocycles. The van der Waals surface area contributed by atoms with Gasteiger partial charge >= 0.3 is 0 Å². The Kier molecular flexibility index (Phi) is 6.45. The van der Waals surface area contributed by atoms with Gasteiger partial charge in [0.2, 0.25) is 5.91 Å². The number of benzene rings is 3. The third-order valence-corrected chi connectivity index (χ3v) is 4.63. The minimum atomic E-state index is -0.443. The van der Waals surface area contributed by atoms with E-state index in [0.717, 1.165) is 11.1 Å². The van der Waals surface area contributed by atoms with Gasteiger partial charge in [-0.2, -0.15) is 0 Å². The van der Waals surface area contributed by atoms with E-state index in [1.165, 1.54) is 0 Å². The molecule has 0 aliphatic carbocycles. The molecule has 4 nitrogen and oxygen atoms in total. The maximum Gasteiger partial charge on any atom is 0.251 e. The second kappa shape index (κ2) is 9.20. The van der Waals surface area contributed by atoms with Gasteiger partial charge in [0.1, 0.15) is 0 Å². The molecule has 1 atom stereocenters. The predicted molar refractivity (Wildman–Crippen MR) is 113 cm³/mol. The average Bonchev–Trinajstić information content (AvgIpc) is 2.71. The molecule has 142 valence electrons.